The number of aliphatic carboxylic acids is 1. The van der Waals surface area contributed by atoms with Crippen molar-refractivity contribution in [2.75, 3.05) is 13.1 Å². The molecular weight excluding hydrogens is 314 g/mol. The quantitative estimate of drug-likeness (QED) is 0.925. The number of carbonyl (C=O) groups is 2. The molecule has 2 heterocycles. The second-order valence-corrected chi connectivity index (χ2v) is 5.61. The van der Waals surface area contributed by atoms with Gasteiger partial charge in [0, 0.05) is 25.6 Å². The molecule has 1 atom stereocenters. The highest BCUT2D eigenvalue weighted by atomic mass is 79.9. The molecule has 1 aliphatic rings. The summed E-state index contributed by atoms with van der Waals surface area (Å²) in [5.74, 6) is -0.639. The van der Waals surface area contributed by atoms with Gasteiger partial charge in [-0.2, -0.15) is 0 Å². The van der Waals surface area contributed by atoms with E-state index >= 15 is 0 Å². The van der Waals surface area contributed by atoms with Crippen LogP contribution in [0.3, 0.4) is 0 Å². The number of rotatable bonds is 3. The monoisotopic (exact) mass is 329 g/mol. The molecule has 0 aromatic carbocycles. The van der Waals surface area contributed by atoms with Crippen molar-refractivity contribution < 1.29 is 19.1 Å². The van der Waals surface area contributed by atoms with E-state index in [-0.39, 0.29) is 18.2 Å². The summed E-state index contributed by atoms with van der Waals surface area (Å²) in [6, 6.07) is 1.65. The predicted molar refractivity (Wildman–Crippen MR) is 71.9 cm³/mol. The number of amides is 1. The summed E-state index contributed by atoms with van der Waals surface area (Å²) < 4.78 is 5.61. The molecule has 1 fully saturated rings. The first kappa shape index (κ1) is 14.1. The van der Waals surface area contributed by atoms with E-state index in [4.69, 9.17) is 9.52 Å². The Labute approximate surface area is 119 Å². The molecule has 2 rings (SSSR count). The lowest BCUT2D eigenvalue weighted by Crippen LogP contribution is -2.31. The van der Waals surface area contributed by atoms with Gasteiger partial charge in [0.05, 0.1) is 5.56 Å². The van der Waals surface area contributed by atoms with Gasteiger partial charge in [0.15, 0.2) is 4.67 Å². The first-order chi connectivity index (χ1) is 9.06. The van der Waals surface area contributed by atoms with Crippen molar-refractivity contribution in [3.63, 3.8) is 0 Å². The van der Waals surface area contributed by atoms with Crippen LogP contribution in [0.25, 0.3) is 0 Å². The number of halogens is 1. The maximum atomic E-state index is 12.2. The standard InChI is InChI=1S/C13H16BrNO4/c14-11-7-10(8-19-11)13(18)15-4-1-2-9(3-5-15)6-12(16)17/h7-9H,1-6H2,(H,16,17)/t9-/m1/s1. The minimum Gasteiger partial charge on any atom is -0.481 e. The summed E-state index contributed by atoms with van der Waals surface area (Å²) in [6.45, 7) is 1.29. The van der Waals surface area contributed by atoms with Gasteiger partial charge in [0.2, 0.25) is 0 Å². The van der Waals surface area contributed by atoms with Crippen LogP contribution in [-0.2, 0) is 4.79 Å². The highest BCUT2D eigenvalue weighted by Crippen LogP contribution is 2.23. The van der Waals surface area contributed by atoms with Gasteiger partial charge in [-0.1, -0.05) is 0 Å². The Morgan fingerprint density at radius 2 is 2.21 bits per heavy atom. The van der Waals surface area contributed by atoms with Crippen molar-refractivity contribution in [3.8, 4) is 0 Å². The zero-order valence-corrected chi connectivity index (χ0v) is 12.1. The van der Waals surface area contributed by atoms with Gasteiger partial charge < -0.3 is 14.4 Å². The van der Waals surface area contributed by atoms with E-state index in [1.54, 1.807) is 11.0 Å². The number of carboxylic acid groups (broad SMARTS) is 1. The van der Waals surface area contributed by atoms with Crippen LogP contribution in [0.4, 0.5) is 0 Å². The zero-order chi connectivity index (χ0) is 13.8. The maximum absolute atomic E-state index is 12.2. The van der Waals surface area contributed by atoms with Crippen LogP contribution < -0.4 is 0 Å². The van der Waals surface area contributed by atoms with E-state index in [1.165, 1.54) is 6.26 Å². The third-order valence-corrected chi connectivity index (χ3v) is 3.83. The van der Waals surface area contributed by atoms with Crippen molar-refractivity contribution >= 4 is 27.8 Å². The number of furan rings is 1. The van der Waals surface area contributed by atoms with Gasteiger partial charge in [0.25, 0.3) is 5.91 Å². The molecule has 1 N–H and O–H groups in total. The van der Waals surface area contributed by atoms with Gasteiger partial charge in [-0.25, -0.2) is 0 Å². The van der Waals surface area contributed by atoms with Crippen LogP contribution in [0.1, 0.15) is 36.0 Å². The molecule has 1 amide bonds. The second-order valence-electron chi connectivity index (χ2n) is 4.83. The fourth-order valence-corrected chi connectivity index (χ4v) is 2.76. The molecule has 0 unspecified atom stereocenters. The Hall–Kier alpha value is -1.30. The molecule has 0 radical (unpaired) electrons. The van der Waals surface area contributed by atoms with E-state index in [1.807, 2.05) is 0 Å². The van der Waals surface area contributed by atoms with Crippen LogP contribution >= 0.6 is 15.9 Å². The molecule has 0 aliphatic carbocycles. The molecule has 1 saturated heterocycles. The molecule has 0 saturated carbocycles. The topological polar surface area (TPSA) is 70.8 Å². The van der Waals surface area contributed by atoms with Crippen molar-refractivity contribution in [2.24, 2.45) is 5.92 Å². The van der Waals surface area contributed by atoms with Gasteiger partial charge in [-0.3, -0.25) is 9.59 Å². The molecule has 104 valence electrons. The van der Waals surface area contributed by atoms with Crippen molar-refractivity contribution in [2.45, 2.75) is 25.7 Å². The van der Waals surface area contributed by atoms with E-state index in [0.717, 1.165) is 19.3 Å². The summed E-state index contributed by atoms with van der Waals surface area (Å²) in [5.41, 5.74) is 0.531. The first-order valence-electron chi connectivity index (χ1n) is 6.31. The number of carbonyl (C=O) groups excluding carboxylic acids is 1. The van der Waals surface area contributed by atoms with Crippen LogP contribution in [0.2, 0.25) is 0 Å². The number of likely N-dealkylation sites (tertiary alicyclic amines) is 1. The normalized spacial score (nSPS) is 20.1. The number of hydrogen-bond acceptors (Lipinski definition) is 3. The summed E-state index contributed by atoms with van der Waals surface area (Å²) >= 11 is 3.17. The van der Waals surface area contributed by atoms with Crippen LogP contribution in [-0.4, -0.2) is 35.0 Å². The molecule has 19 heavy (non-hydrogen) atoms. The van der Waals surface area contributed by atoms with E-state index in [9.17, 15) is 9.59 Å². The number of carboxylic acids is 1. The molecular formula is C13H16BrNO4. The largest absolute Gasteiger partial charge is 0.481 e. The van der Waals surface area contributed by atoms with Crippen LogP contribution in [0.15, 0.2) is 21.4 Å². The Morgan fingerprint density at radius 3 is 2.84 bits per heavy atom. The molecule has 1 aromatic heterocycles. The summed E-state index contributed by atoms with van der Waals surface area (Å²) in [5, 5.41) is 8.82. The minimum atomic E-state index is -0.761. The lowest BCUT2D eigenvalue weighted by molar-refractivity contribution is -0.138. The first-order valence-corrected chi connectivity index (χ1v) is 7.10. The van der Waals surface area contributed by atoms with Crippen LogP contribution in [0.5, 0.6) is 0 Å². The second kappa shape index (κ2) is 6.23. The Kier molecular flexibility index (Phi) is 4.63. The van der Waals surface area contributed by atoms with Gasteiger partial charge >= 0.3 is 5.97 Å². The lowest BCUT2D eigenvalue weighted by atomic mass is 9.97. The molecule has 0 bridgehead atoms. The molecule has 1 aliphatic heterocycles. The molecule has 6 heteroatoms. The average molecular weight is 330 g/mol. The Bertz CT molecular complexity index is 471. The Balaban J connectivity index is 1.95. The van der Waals surface area contributed by atoms with Crippen LogP contribution in [0, 0.1) is 5.92 Å². The summed E-state index contributed by atoms with van der Waals surface area (Å²) in [6.07, 6.45) is 4.09. The lowest BCUT2D eigenvalue weighted by Gasteiger charge is -2.19. The van der Waals surface area contributed by atoms with Crippen molar-refractivity contribution in [1.82, 2.24) is 4.90 Å². The molecule has 0 spiro atoms. The predicted octanol–water partition coefficient (Wildman–Crippen LogP) is 2.76. The van der Waals surface area contributed by atoms with Gasteiger partial charge in [-0.15, -0.1) is 0 Å². The average Bonchev–Trinajstić information content (AvgIpc) is 2.65. The third-order valence-electron chi connectivity index (χ3n) is 3.41. The molecule has 1 aromatic rings. The number of nitrogens with zero attached hydrogens (tertiary/aromatic N) is 1. The maximum Gasteiger partial charge on any atom is 0.303 e. The fraction of sp³-hybridized carbons (Fsp3) is 0.538. The highest BCUT2D eigenvalue weighted by molar-refractivity contribution is 9.10. The molecule has 5 nitrogen and oxygen atoms in total. The van der Waals surface area contributed by atoms with Gasteiger partial charge in [-0.05, 0) is 41.1 Å². The zero-order valence-electron chi connectivity index (χ0n) is 10.5. The van der Waals surface area contributed by atoms with E-state index in [2.05, 4.69) is 15.9 Å². The smallest absolute Gasteiger partial charge is 0.303 e. The van der Waals surface area contributed by atoms with E-state index in [0.29, 0.717) is 23.3 Å². The summed E-state index contributed by atoms with van der Waals surface area (Å²) in [4.78, 5) is 24.7. The summed E-state index contributed by atoms with van der Waals surface area (Å²) in [7, 11) is 0. The Morgan fingerprint density at radius 1 is 1.42 bits per heavy atom. The van der Waals surface area contributed by atoms with E-state index < -0.39 is 5.97 Å². The van der Waals surface area contributed by atoms with Gasteiger partial charge in [0.1, 0.15) is 6.26 Å². The highest BCUT2D eigenvalue weighted by Gasteiger charge is 2.23. The SMILES string of the molecule is O=C(O)C[C@@H]1CCCN(C(=O)c2coc(Br)c2)CC1. The number of hydrogen-bond donors (Lipinski definition) is 1. The van der Waals surface area contributed by atoms with Crippen molar-refractivity contribution in [3.05, 3.63) is 22.6 Å². The van der Waals surface area contributed by atoms with Crippen molar-refractivity contribution in [1.29, 1.82) is 0 Å². The minimum absolute atomic E-state index is 0.0505. The third kappa shape index (κ3) is 3.83. The fourth-order valence-electron chi connectivity index (χ4n) is 2.42.